The molecule has 4 nitrogen and oxygen atoms in total. The first kappa shape index (κ1) is 14.7. The number of carbonyl (C=O) groups is 1. The number of ether oxygens (including phenoxy) is 1. The molecule has 1 aromatic carbocycles. The molecule has 2 aliphatic rings. The summed E-state index contributed by atoms with van der Waals surface area (Å²) < 4.78 is 5.67. The quantitative estimate of drug-likeness (QED) is 0.933. The zero-order valence-corrected chi connectivity index (χ0v) is 14.2. The van der Waals surface area contributed by atoms with E-state index in [0.717, 1.165) is 39.2 Å². The van der Waals surface area contributed by atoms with Crippen LogP contribution in [0.3, 0.4) is 0 Å². The van der Waals surface area contributed by atoms with Gasteiger partial charge in [0, 0.05) is 12.0 Å². The zero-order chi connectivity index (χ0) is 16.0. The van der Waals surface area contributed by atoms with Crippen LogP contribution in [0.25, 0.3) is 0 Å². The lowest BCUT2D eigenvalue weighted by Crippen LogP contribution is -2.29. The van der Waals surface area contributed by atoms with Gasteiger partial charge < -0.3 is 10.1 Å². The van der Waals surface area contributed by atoms with Crippen molar-refractivity contribution >= 4 is 17.2 Å². The molecular formula is C18H20N2O2S. The average Bonchev–Trinajstić information content (AvgIpc) is 3.13. The lowest BCUT2D eigenvalue weighted by Gasteiger charge is -2.11. The predicted octanol–water partition coefficient (Wildman–Crippen LogP) is 3.58. The van der Waals surface area contributed by atoms with Crippen molar-refractivity contribution in [2.45, 2.75) is 39.2 Å². The Balaban J connectivity index is 1.50. The number of hydrogen-bond acceptors (Lipinski definition) is 4. The highest BCUT2D eigenvalue weighted by Crippen LogP contribution is 2.35. The van der Waals surface area contributed by atoms with Crippen molar-refractivity contribution in [3.8, 4) is 5.75 Å². The van der Waals surface area contributed by atoms with Gasteiger partial charge >= 0.3 is 0 Å². The summed E-state index contributed by atoms with van der Waals surface area (Å²) in [5, 5.41) is 4.20. The molecule has 1 aliphatic heterocycles. The maximum atomic E-state index is 12.6. The number of thiazole rings is 1. The first-order valence-corrected chi connectivity index (χ1v) is 8.92. The SMILES string of the molecule is Cc1ccc2c(c1)[C@H](NC(=O)c1sc(CC3CC3)nc1C)CO2. The van der Waals surface area contributed by atoms with E-state index in [0.29, 0.717) is 6.61 Å². The minimum Gasteiger partial charge on any atom is -0.491 e. The number of nitrogens with one attached hydrogen (secondary N) is 1. The minimum atomic E-state index is -0.0780. The van der Waals surface area contributed by atoms with Crippen molar-refractivity contribution < 1.29 is 9.53 Å². The average molecular weight is 328 g/mol. The highest BCUT2D eigenvalue weighted by molar-refractivity contribution is 7.13. The number of carbonyl (C=O) groups excluding carboxylic acids is 1. The van der Waals surface area contributed by atoms with Gasteiger partial charge in [-0.15, -0.1) is 11.3 Å². The van der Waals surface area contributed by atoms with Gasteiger partial charge in [-0.05, 0) is 38.7 Å². The highest BCUT2D eigenvalue weighted by Gasteiger charge is 2.28. The van der Waals surface area contributed by atoms with E-state index < -0.39 is 0 Å². The van der Waals surface area contributed by atoms with E-state index in [2.05, 4.69) is 23.3 Å². The molecule has 0 spiro atoms. The van der Waals surface area contributed by atoms with Crippen molar-refractivity contribution in [1.82, 2.24) is 10.3 Å². The molecule has 1 amide bonds. The minimum absolute atomic E-state index is 0.0370. The summed E-state index contributed by atoms with van der Waals surface area (Å²) in [6.45, 7) is 4.47. The molecule has 23 heavy (non-hydrogen) atoms. The van der Waals surface area contributed by atoms with Crippen molar-refractivity contribution in [1.29, 1.82) is 0 Å². The van der Waals surface area contributed by atoms with Gasteiger partial charge in [0.1, 0.15) is 17.2 Å². The van der Waals surface area contributed by atoms with E-state index in [1.165, 1.54) is 29.7 Å². The molecule has 1 aromatic heterocycles. The summed E-state index contributed by atoms with van der Waals surface area (Å²) in [5.74, 6) is 1.62. The fourth-order valence-electron chi connectivity index (χ4n) is 3.00. The molecule has 120 valence electrons. The van der Waals surface area contributed by atoms with Gasteiger partial charge in [0.15, 0.2) is 0 Å². The van der Waals surface area contributed by atoms with E-state index >= 15 is 0 Å². The Morgan fingerprint density at radius 2 is 2.22 bits per heavy atom. The molecule has 2 aromatic rings. The van der Waals surface area contributed by atoms with Crippen LogP contribution in [0.4, 0.5) is 0 Å². The van der Waals surface area contributed by atoms with Gasteiger partial charge in [-0.2, -0.15) is 0 Å². The Bertz CT molecular complexity index is 764. The fraction of sp³-hybridized carbons (Fsp3) is 0.444. The van der Waals surface area contributed by atoms with Crippen molar-refractivity contribution in [3.05, 3.63) is 44.9 Å². The molecule has 1 saturated carbocycles. The van der Waals surface area contributed by atoms with Crippen molar-refractivity contribution in [2.24, 2.45) is 5.92 Å². The molecule has 2 heterocycles. The standard InChI is InChI=1S/C18H20N2O2S/c1-10-3-6-15-13(7-10)14(9-22-15)20-18(21)17-11(2)19-16(23-17)8-12-4-5-12/h3,6-7,12,14H,4-5,8-9H2,1-2H3,(H,20,21)/t14-/m1/s1. The summed E-state index contributed by atoms with van der Waals surface area (Å²) in [6, 6.07) is 6.01. The van der Waals surface area contributed by atoms with Gasteiger partial charge in [0.2, 0.25) is 0 Å². The molecule has 1 fully saturated rings. The van der Waals surface area contributed by atoms with Gasteiger partial charge in [0.25, 0.3) is 5.91 Å². The van der Waals surface area contributed by atoms with Crippen LogP contribution in [0.5, 0.6) is 5.75 Å². The van der Waals surface area contributed by atoms with E-state index in [1.54, 1.807) is 0 Å². The molecular weight excluding hydrogens is 308 g/mol. The Morgan fingerprint density at radius 1 is 1.39 bits per heavy atom. The fourth-order valence-corrected chi connectivity index (χ4v) is 4.08. The van der Waals surface area contributed by atoms with Crippen LogP contribution in [0.2, 0.25) is 0 Å². The molecule has 4 rings (SSSR count). The maximum Gasteiger partial charge on any atom is 0.263 e. The predicted molar refractivity (Wildman–Crippen MR) is 90.2 cm³/mol. The molecule has 0 saturated heterocycles. The van der Waals surface area contributed by atoms with Gasteiger partial charge in [-0.1, -0.05) is 17.7 Å². The second-order valence-corrected chi connectivity index (χ2v) is 7.63. The third kappa shape index (κ3) is 2.98. The first-order valence-electron chi connectivity index (χ1n) is 8.10. The van der Waals surface area contributed by atoms with Crippen LogP contribution >= 0.6 is 11.3 Å². The Hall–Kier alpha value is -1.88. The number of hydrogen-bond donors (Lipinski definition) is 1. The Morgan fingerprint density at radius 3 is 3.00 bits per heavy atom. The smallest absolute Gasteiger partial charge is 0.263 e. The van der Waals surface area contributed by atoms with Crippen LogP contribution in [-0.2, 0) is 6.42 Å². The molecule has 1 aliphatic carbocycles. The molecule has 0 bridgehead atoms. The van der Waals surface area contributed by atoms with Crippen LogP contribution < -0.4 is 10.1 Å². The molecule has 5 heteroatoms. The van der Waals surface area contributed by atoms with Crippen molar-refractivity contribution in [2.75, 3.05) is 6.61 Å². The van der Waals surface area contributed by atoms with E-state index in [4.69, 9.17) is 4.74 Å². The molecule has 1 atom stereocenters. The van der Waals surface area contributed by atoms with Gasteiger partial charge in [-0.3, -0.25) is 4.79 Å². The monoisotopic (exact) mass is 328 g/mol. The van der Waals surface area contributed by atoms with Crippen LogP contribution in [0, 0.1) is 19.8 Å². The summed E-state index contributed by atoms with van der Waals surface area (Å²) in [7, 11) is 0. The summed E-state index contributed by atoms with van der Waals surface area (Å²) in [4.78, 5) is 17.9. The number of aryl methyl sites for hydroxylation is 2. The maximum absolute atomic E-state index is 12.6. The number of benzene rings is 1. The van der Waals surface area contributed by atoms with Crippen molar-refractivity contribution in [3.63, 3.8) is 0 Å². The summed E-state index contributed by atoms with van der Waals surface area (Å²) in [6.07, 6.45) is 3.62. The second kappa shape index (κ2) is 5.64. The topological polar surface area (TPSA) is 51.2 Å². The third-order valence-corrected chi connectivity index (χ3v) is 5.64. The normalized spacial score (nSPS) is 19.3. The second-order valence-electron chi connectivity index (χ2n) is 6.55. The summed E-state index contributed by atoms with van der Waals surface area (Å²) >= 11 is 1.54. The zero-order valence-electron chi connectivity index (χ0n) is 13.4. The molecule has 1 N–H and O–H groups in total. The number of amides is 1. The lowest BCUT2D eigenvalue weighted by molar-refractivity contribution is 0.0933. The van der Waals surface area contributed by atoms with E-state index in [-0.39, 0.29) is 11.9 Å². The van der Waals surface area contributed by atoms with Gasteiger partial charge in [0.05, 0.1) is 16.7 Å². The highest BCUT2D eigenvalue weighted by atomic mass is 32.1. The molecule has 0 radical (unpaired) electrons. The lowest BCUT2D eigenvalue weighted by atomic mass is 10.1. The van der Waals surface area contributed by atoms with Crippen LogP contribution in [0.15, 0.2) is 18.2 Å². The van der Waals surface area contributed by atoms with Crippen LogP contribution in [-0.4, -0.2) is 17.5 Å². The van der Waals surface area contributed by atoms with E-state index in [1.807, 2.05) is 19.1 Å². The number of rotatable bonds is 4. The first-order chi connectivity index (χ1) is 11.1. The number of fused-ring (bicyclic) bond motifs is 1. The number of aromatic nitrogens is 1. The largest absolute Gasteiger partial charge is 0.491 e. The van der Waals surface area contributed by atoms with Crippen LogP contribution in [0.1, 0.15) is 50.4 Å². The Kier molecular flexibility index (Phi) is 3.60. The Labute approximate surface area is 139 Å². The third-order valence-electron chi connectivity index (χ3n) is 4.46. The number of nitrogens with zero attached hydrogens (tertiary/aromatic N) is 1. The van der Waals surface area contributed by atoms with Gasteiger partial charge in [-0.25, -0.2) is 4.98 Å². The van der Waals surface area contributed by atoms with E-state index in [9.17, 15) is 4.79 Å². The summed E-state index contributed by atoms with van der Waals surface area (Å²) in [5.41, 5.74) is 3.08. The molecule has 0 unspecified atom stereocenters.